The Bertz CT molecular complexity index is 1070. The van der Waals surface area contributed by atoms with Crippen molar-refractivity contribution in [2.75, 3.05) is 26.2 Å². The molecule has 0 aliphatic rings. The summed E-state index contributed by atoms with van der Waals surface area (Å²) in [6.45, 7) is 3.46. The maximum atomic E-state index is 12.6. The Kier molecular flexibility index (Phi) is 17.7. The molecule has 2 aromatic rings. The number of Topliss-reactive ketones (excluding diaryl/α,β-unsaturated/α-hetero) is 1. The van der Waals surface area contributed by atoms with Gasteiger partial charge in [-0.15, -0.1) is 11.3 Å². The number of benzene rings is 1. The molecule has 1 amide bonds. The van der Waals surface area contributed by atoms with Crippen LogP contribution in [-0.2, 0) is 21.4 Å². The molecule has 0 bridgehead atoms. The molecule has 1 aromatic carbocycles. The summed E-state index contributed by atoms with van der Waals surface area (Å²) in [6, 6.07) is 12.2. The van der Waals surface area contributed by atoms with Gasteiger partial charge in [0.15, 0.2) is 0 Å². The van der Waals surface area contributed by atoms with Crippen LogP contribution in [-0.4, -0.2) is 46.3 Å². The monoisotopic (exact) mass is 592 g/mol. The van der Waals surface area contributed by atoms with Crippen LogP contribution < -0.4 is 21.1 Å². The van der Waals surface area contributed by atoms with Crippen LogP contribution in [0.4, 0.5) is 0 Å². The van der Waals surface area contributed by atoms with Crippen molar-refractivity contribution in [1.29, 1.82) is 0 Å². The summed E-state index contributed by atoms with van der Waals surface area (Å²) in [5, 5.41) is 6.22. The van der Waals surface area contributed by atoms with Crippen molar-refractivity contribution in [2.24, 2.45) is 5.73 Å². The van der Waals surface area contributed by atoms with E-state index >= 15 is 0 Å². The molecule has 0 aliphatic carbocycles. The number of carbonyl (C=O) groups is 2. The van der Waals surface area contributed by atoms with Gasteiger partial charge >= 0.3 is 0 Å². The standard InChI is InChI=1S/C30H48N4O4S2/c31-21-14-23-32-22-12-5-3-1-2-4-10-17-27(35)18-11-7-13-24-34-40(37,38)29-20-19-28(39-29)25-33-30(36)26-15-8-6-9-16-26/h6,8-9,15-16,19-20,32,34H,1-5,7,10-14,17-18,21-25,31H2,(H,33,36). The molecule has 1 heterocycles. The molecule has 8 nitrogen and oxygen atoms in total. The van der Waals surface area contributed by atoms with E-state index in [0.29, 0.717) is 37.2 Å². The van der Waals surface area contributed by atoms with Gasteiger partial charge in [-0.05, 0) is 76.0 Å². The van der Waals surface area contributed by atoms with Crippen molar-refractivity contribution < 1.29 is 18.0 Å². The first-order valence-corrected chi connectivity index (χ1v) is 17.1. The molecule has 0 fully saturated rings. The minimum absolute atomic E-state index is 0.195. The number of hydrogen-bond acceptors (Lipinski definition) is 7. The molecule has 0 spiro atoms. The Morgan fingerprint density at radius 2 is 1.32 bits per heavy atom. The SMILES string of the molecule is NCCCNCCCCCCCCCC(=O)CCCCCNS(=O)(=O)c1ccc(CNC(=O)c2ccccc2)s1. The Morgan fingerprint density at radius 3 is 2.02 bits per heavy atom. The highest BCUT2D eigenvalue weighted by Gasteiger charge is 2.16. The number of thiophene rings is 1. The fraction of sp³-hybridized carbons (Fsp3) is 0.600. The fourth-order valence-corrected chi connectivity index (χ4v) is 6.71. The number of carbonyl (C=O) groups excluding carboxylic acids is 2. The molecular weight excluding hydrogens is 544 g/mol. The summed E-state index contributed by atoms with van der Waals surface area (Å²) in [5.41, 5.74) is 6.04. The first-order chi connectivity index (χ1) is 19.4. The molecular formula is C30H48N4O4S2. The van der Waals surface area contributed by atoms with Crippen molar-refractivity contribution in [3.63, 3.8) is 0 Å². The van der Waals surface area contributed by atoms with E-state index in [4.69, 9.17) is 5.73 Å². The van der Waals surface area contributed by atoms with Gasteiger partial charge in [-0.1, -0.05) is 56.7 Å². The van der Waals surface area contributed by atoms with Gasteiger partial charge in [0.1, 0.15) is 9.99 Å². The van der Waals surface area contributed by atoms with E-state index in [-0.39, 0.29) is 16.7 Å². The number of amides is 1. The average Bonchev–Trinajstić information content (AvgIpc) is 3.45. The Balaban J connectivity index is 1.46. The maximum Gasteiger partial charge on any atom is 0.251 e. The van der Waals surface area contributed by atoms with Gasteiger partial charge in [-0.2, -0.15) is 0 Å². The molecule has 0 atom stereocenters. The summed E-state index contributed by atoms with van der Waals surface area (Å²) in [5.74, 6) is 0.120. The minimum Gasteiger partial charge on any atom is -0.347 e. The van der Waals surface area contributed by atoms with E-state index in [0.717, 1.165) is 68.0 Å². The zero-order valence-corrected chi connectivity index (χ0v) is 25.4. The highest BCUT2D eigenvalue weighted by atomic mass is 32.2. The predicted molar refractivity (Wildman–Crippen MR) is 164 cm³/mol. The summed E-state index contributed by atoms with van der Waals surface area (Å²) in [6.07, 6.45) is 12.8. The van der Waals surface area contributed by atoms with Gasteiger partial charge in [0, 0.05) is 29.8 Å². The lowest BCUT2D eigenvalue weighted by molar-refractivity contribution is -0.119. The maximum absolute atomic E-state index is 12.6. The van der Waals surface area contributed by atoms with Crippen LogP contribution in [0.1, 0.15) is 98.7 Å². The number of sulfonamides is 1. The van der Waals surface area contributed by atoms with E-state index in [1.54, 1.807) is 36.4 Å². The third-order valence-corrected chi connectivity index (χ3v) is 9.69. The lowest BCUT2D eigenvalue weighted by Crippen LogP contribution is -2.24. The molecule has 5 N–H and O–H groups in total. The number of nitrogens with one attached hydrogen (secondary N) is 3. The molecule has 0 radical (unpaired) electrons. The molecule has 0 saturated carbocycles. The first kappa shape index (κ1) is 34.1. The number of unbranched alkanes of at least 4 members (excludes halogenated alkanes) is 8. The van der Waals surface area contributed by atoms with Crippen LogP contribution >= 0.6 is 11.3 Å². The normalized spacial score (nSPS) is 11.5. The van der Waals surface area contributed by atoms with Gasteiger partial charge in [0.25, 0.3) is 5.91 Å². The third kappa shape index (κ3) is 15.0. The zero-order valence-electron chi connectivity index (χ0n) is 23.8. The molecule has 0 aliphatic heterocycles. The predicted octanol–water partition coefficient (Wildman–Crippen LogP) is 5.15. The number of nitrogens with two attached hydrogens (primary N) is 1. The van der Waals surface area contributed by atoms with E-state index < -0.39 is 10.0 Å². The Labute approximate surface area is 245 Å². The minimum atomic E-state index is -3.58. The summed E-state index contributed by atoms with van der Waals surface area (Å²) in [4.78, 5) is 25.1. The van der Waals surface area contributed by atoms with Gasteiger partial charge in [0.2, 0.25) is 10.0 Å². The van der Waals surface area contributed by atoms with Crippen LogP contribution in [0.5, 0.6) is 0 Å². The van der Waals surface area contributed by atoms with Crippen molar-refractivity contribution in [1.82, 2.24) is 15.4 Å². The van der Waals surface area contributed by atoms with Gasteiger partial charge < -0.3 is 16.4 Å². The van der Waals surface area contributed by atoms with Crippen LogP contribution in [0.3, 0.4) is 0 Å². The summed E-state index contributed by atoms with van der Waals surface area (Å²) >= 11 is 1.15. The van der Waals surface area contributed by atoms with Crippen molar-refractivity contribution in [2.45, 2.75) is 94.2 Å². The molecule has 2 rings (SSSR count). The van der Waals surface area contributed by atoms with Crippen molar-refractivity contribution in [3.8, 4) is 0 Å². The molecule has 10 heteroatoms. The van der Waals surface area contributed by atoms with Crippen molar-refractivity contribution in [3.05, 3.63) is 52.9 Å². The van der Waals surface area contributed by atoms with E-state index in [1.165, 1.54) is 32.1 Å². The zero-order chi connectivity index (χ0) is 28.9. The average molecular weight is 593 g/mol. The number of hydrogen-bond donors (Lipinski definition) is 4. The Morgan fingerprint density at radius 1 is 0.725 bits per heavy atom. The topological polar surface area (TPSA) is 130 Å². The second-order valence-corrected chi connectivity index (χ2v) is 13.3. The van der Waals surface area contributed by atoms with Crippen LogP contribution in [0.2, 0.25) is 0 Å². The highest BCUT2D eigenvalue weighted by molar-refractivity contribution is 7.91. The molecule has 0 unspecified atom stereocenters. The van der Waals surface area contributed by atoms with E-state index in [1.807, 2.05) is 6.07 Å². The van der Waals surface area contributed by atoms with Crippen LogP contribution in [0.15, 0.2) is 46.7 Å². The lowest BCUT2D eigenvalue weighted by atomic mass is 10.0. The summed E-state index contributed by atoms with van der Waals surface area (Å²) in [7, 11) is -3.58. The smallest absolute Gasteiger partial charge is 0.251 e. The van der Waals surface area contributed by atoms with Crippen molar-refractivity contribution >= 4 is 33.1 Å². The molecule has 40 heavy (non-hydrogen) atoms. The second-order valence-electron chi connectivity index (χ2n) is 10.1. The van der Waals surface area contributed by atoms with E-state index in [9.17, 15) is 18.0 Å². The number of ketones is 1. The fourth-order valence-electron chi connectivity index (χ4n) is 4.29. The number of rotatable bonds is 24. The highest BCUT2D eigenvalue weighted by Crippen LogP contribution is 2.21. The molecule has 1 aromatic heterocycles. The largest absolute Gasteiger partial charge is 0.347 e. The quantitative estimate of drug-likeness (QED) is 0.125. The summed E-state index contributed by atoms with van der Waals surface area (Å²) < 4.78 is 28.1. The lowest BCUT2D eigenvalue weighted by Gasteiger charge is -2.06. The molecule has 0 saturated heterocycles. The van der Waals surface area contributed by atoms with E-state index in [2.05, 4.69) is 15.4 Å². The van der Waals surface area contributed by atoms with Crippen LogP contribution in [0, 0.1) is 0 Å². The second kappa shape index (κ2) is 20.7. The Hall–Kier alpha value is -2.11. The van der Waals surface area contributed by atoms with Gasteiger partial charge in [0.05, 0.1) is 6.54 Å². The van der Waals surface area contributed by atoms with Crippen LogP contribution in [0.25, 0.3) is 0 Å². The van der Waals surface area contributed by atoms with Gasteiger partial charge in [-0.3, -0.25) is 9.59 Å². The first-order valence-electron chi connectivity index (χ1n) is 14.8. The van der Waals surface area contributed by atoms with Gasteiger partial charge in [-0.25, -0.2) is 13.1 Å². The third-order valence-electron chi connectivity index (χ3n) is 6.65. The molecule has 224 valence electrons.